The highest BCUT2D eigenvalue weighted by atomic mass is 35.5. The minimum Gasteiger partial charge on any atom is -0.373 e. The maximum Gasteiger partial charge on any atom is 0.138 e. The van der Waals surface area contributed by atoms with Gasteiger partial charge in [0.05, 0.1) is 10.7 Å². The number of rotatable bonds is 3. The van der Waals surface area contributed by atoms with Crippen molar-refractivity contribution in [2.75, 3.05) is 17.7 Å². The lowest BCUT2D eigenvalue weighted by Crippen LogP contribution is -2.02. The molecule has 6 heteroatoms. The van der Waals surface area contributed by atoms with E-state index in [-0.39, 0.29) is 5.82 Å². The van der Waals surface area contributed by atoms with E-state index in [1.165, 1.54) is 18.5 Å². The average Bonchev–Trinajstić information content (AvgIpc) is 2.35. The second-order valence-electron chi connectivity index (χ2n) is 3.70. The first-order valence-electron chi connectivity index (χ1n) is 5.33. The molecule has 0 atom stereocenters. The number of hydrogen-bond donors (Lipinski definition) is 2. The summed E-state index contributed by atoms with van der Waals surface area (Å²) in [6, 6.07) is 4.15. The predicted molar refractivity (Wildman–Crippen MR) is 71.0 cm³/mol. The molecule has 0 radical (unpaired) electrons. The van der Waals surface area contributed by atoms with Crippen LogP contribution in [-0.4, -0.2) is 17.0 Å². The van der Waals surface area contributed by atoms with Gasteiger partial charge < -0.3 is 10.6 Å². The number of hydrogen-bond acceptors (Lipinski definition) is 4. The highest BCUT2D eigenvalue weighted by molar-refractivity contribution is 6.33. The Bertz CT molecular complexity index is 574. The van der Waals surface area contributed by atoms with Gasteiger partial charge in [-0.15, -0.1) is 0 Å². The van der Waals surface area contributed by atoms with Gasteiger partial charge in [0.15, 0.2) is 0 Å². The minimum atomic E-state index is -0.374. The molecule has 94 valence electrons. The van der Waals surface area contributed by atoms with Gasteiger partial charge in [0.1, 0.15) is 23.8 Å². The van der Waals surface area contributed by atoms with Crippen molar-refractivity contribution in [1.29, 1.82) is 0 Å². The van der Waals surface area contributed by atoms with Crippen LogP contribution in [0, 0.1) is 12.7 Å². The van der Waals surface area contributed by atoms with E-state index in [2.05, 4.69) is 20.6 Å². The van der Waals surface area contributed by atoms with Crippen LogP contribution >= 0.6 is 11.6 Å². The normalized spacial score (nSPS) is 10.2. The summed E-state index contributed by atoms with van der Waals surface area (Å²) in [5, 5.41) is 6.32. The molecule has 0 amide bonds. The molecule has 0 spiro atoms. The number of halogens is 2. The molecular weight excluding hydrogens is 255 g/mol. The van der Waals surface area contributed by atoms with E-state index in [4.69, 9.17) is 11.6 Å². The summed E-state index contributed by atoms with van der Waals surface area (Å²) in [4.78, 5) is 8.21. The molecule has 2 N–H and O–H groups in total. The largest absolute Gasteiger partial charge is 0.373 e. The number of nitrogens with zero attached hydrogens (tertiary/aromatic N) is 2. The van der Waals surface area contributed by atoms with Gasteiger partial charge in [-0.25, -0.2) is 14.4 Å². The highest BCUT2D eigenvalue weighted by Gasteiger charge is 2.08. The molecule has 2 rings (SSSR count). The van der Waals surface area contributed by atoms with E-state index in [1.54, 1.807) is 13.1 Å². The summed E-state index contributed by atoms with van der Waals surface area (Å²) >= 11 is 5.94. The van der Waals surface area contributed by atoms with Crippen LogP contribution in [0.4, 0.5) is 21.7 Å². The topological polar surface area (TPSA) is 49.8 Å². The van der Waals surface area contributed by atoms with Gasteiger partial charge in [0, 0.05) is 12.6 Å². The lowest BCUT2D eigenvalue weighted by Gasteiger charge is -2.12. The predicted octanol–water partition coefficient (Wildman–Crippen LogP) is 3.36. The Labute approximate surface area is 109 Å². The van der Waals surface area contributed by atoms with Crippen molar-refractivity contribution >= 4 is 28.9 Å². The Balaban J connectivity index is 2.34. The van der Waals surface area contributed by atoms with Crippen LogP contribution in [0.25, 0.3) is 0 Å². The second kappa shape index (κ2) is 5.18. The fourth-order valence-corrected chi connectivity index (χ4v) is 1.76. The van der Waals surface area contributed by atoms with E-state index in [9.17, 15) is 4.39 Å². The zero-order chi connectivity index (χ0) is 13.1. The van der Waals surface area contributed by atoms with Gasteiger partial charge in [-0.1, -0.05) is 11.6 Å². The maximum absolute atomic E-state index is 12.9. The lowest BCUT2D eigenvalue weighted by molar-refractivity contribution is 0.628. The summed E-state index contributed by atoms with van der Waals surface area (Å²) in [6.07, 6.45) is 1.44. The maximum atomic E-state index is 12.9. The van der Waals surface area contributed by atoms with E-state index in [0.29, 0.717) is 16.5 Å². The fraction of sp³-hybridized carbons (Fsp3) is 0.167. The third-order valence-corrected chi connectivity index (χ3v) is 2.82. The Morgan fingerprint density at radius 2 is 1.94 bits per heavy atom. The van der Waals surface area contributed by atoms with Crippen molar-refractivity contribution in [1.82, 2.24) is 9.97 Å². The van der Waals surface area contributed by atoms with Crippen LogP contribution in [0.5, 0.6) is 0 Å². The molecule has 0 aliphatic rings. The van der Waals surface area contributed by atoms with Crippen molar-refractivity contribution in [2.24, 2.45) is 0 Å². The van der Waals surface area contributed by atoms with Gasteiger partial charge in [0.25, 0.3) is 0 Å². The second-order valence-corrected chi connectivity index (χ2v) is 4.10. The van der Waals surface area contributed by atoms with E-state index < -0.39 is 0 Å². The fourth-order valence-electron chi connectivity index (χ4n) is 1.55. The van der Waals surface area contributed by atoms with Crippen LogP contribution in [0.15, 0.2) is 24.5 Å². The van der Waals surface area contributed by atoms with Gasteiger partial charge in [-0.2, -0.15) is 0 Å². The van der Waals surface area contributed by atoms with Gasteiger partial charge in [0.2, 0.25) is 0 Å². The molecule has 1 aromatic heterocycles. The Kier molecular flexibility index (Phi) is 3.62. The molecule has 0 saturated heterocycles. The lowest BCUT2D eigenvalue weighted by atomic mass is 10.2. The molecular formula is C12H12ClFN4. The van der Waals surface area contributed by atoms with Gasteiger partial charge >= 0.3 is 0 Å². The quantitative estimate of drug-likeness (QED) is 0.894. The number of benzene rings is 1. The monoisotopic (exact) mass is 266 g/mol. The van der Waals surface area contributed by atoms with Gasteiger partial charge in [-0.05, 0) is 25.1 Å². The van der Waals surface area contributed by atoms with Gasteiger partial charge in [-0.3, -0.25) is 0 Å². The summed E-state index contributed by atoms with van der Waals surface area (Å²) < 4.78 is 12.9. The summed E-state index contributed by atoms with van der Waals surface area (Å²) in [6.45, 7) is 1.88. The summed E-state index contributed by atoms with van der Waals surface area (Å²) in [7, 11) is 1.78. The third-order valence-electron chi connectivity index (χ3n) is 2.51. The SMILES string of the molecule is CNc1ncnc(Nc2ccc(F)cc2Cl)c1C. The molecule has 2 aromatic rings. The summed E-state index contributed by atoms with van der Waals surface area (Å²) in [5.41, 5.74) is 1.46. The zero-order valence-corrected chi connectivity index (χ0v) is 10.7. The van der Waals surface area contributed by atoms with Crippen LogP contribution < -0.4 is 10.6 Å². The molecule has 18 heavy (non-hydrogen) atoms. The van der Waals surface area contributed by atoms with Crippen molar-refractivity contribution in [3.63, 3.8) is 0 Å². The highest BCUT2D eigenvalue weighted by Crippen LogP contribution is 2.27. The van der Waals surface area contributed by atoms with Crippen LogP contribution in [0.2, 0.25) is 5.02 Å². The number of nitrogens with one attached hydrogen (secondary N) is 2. The Morgan fingerprint density at radius 1 is 1.22 bits per heavy atom. The van der Waals surface area contributed by atoms with Crippen LogP contribution in [0.1, 0.15) is 5.56 Å². The molecule has 1 aromatic carbocycles. The Hall–Kier alpha value is -1.88. The Morgan fingerprint density at radius 3 is 2.61 bits per heavy atom. The molecule has 0 saturated carbocycles. The van der Waals surface area contributed by atoms with Crippen molar-refractivity contribution in [3.05, 3.63) is 40.9 Å². The smallest absolute Gasteiger partial charge is 0.138 e. The average molecular weight is 267 g/mol. The number of aromatic nitrogens is 2. The first-order chi connectivity index (χ1) is 8.61. The van der Waals surface area contributed by atoms with Crippen LogP contribution in [0.3, 0.4) is 0 Å². The molecule has 0 aliphatic heterocycles. The molecule has 0 aliphatic carbocycles. The number of anilines is 3. The molecule has 0 unspecified atom stereocenters. The molecule has 0 fully saturated rings. The summed E-state index contributed by atoms with van der Waals surface area (Å²) in [5.74, 6) is 0.981. The van der Waals surface area contributed by atoms with Crippen molar-refractivity contribution in [3.8, 4) is 0 Å². The minimum absolute atomic E-state index is 0.305. The molecule has 4 nitrogen and oxygen atoms in total. The van der Waals surface area contributed by atoms with Crippen LogP contribution in [-0.2, 0) is 0 Å². The van der Waals surface area contributed by atoms with Crippen molar-refractivity contribution < 1.29 is 4.39 Å². The third kappa shape index (κ3) is 2.51. The van der Waals surface area contributed by atoms with E-state index >= 15 is 0 Å². The van der Waals surface area contributed by atoms with E-state index in [1.807, 2.05) is 6.92 Å². The first kappa shape index (κ1) is 12.6. The zero-order valence-electron chi connectivity index (χ0n) is 9.96. The molecule has 1 heterocycles. The first-order valence-corrected chi connectivity index (χ1v) is 5.71. The standard InChI is InChI=1S/C12H12ClFN4/c1-7-11(15-2)16-6-17-12(7)18-10-4-3-8(14)5-9(10)13/h3-6H,1-2H3,(H2,15,16,17,18). The van der Waals surface area contributed by atoms with Crippen molar-refractivity contribution in [2.45, 2.75) is 6.92 Å². The molecule has 0 bridgehead atoms. The van der Waals surface area contributed by atoms with E-state index in [0.717, 1.165) is 11.4 Å².